The topological polar surface area (TPSA) is 105 Å². The van der Waals surface area contributed by atoms with Crippen LogP contribution in [0.3, 0.4) is 0 Å². The number of fused-ring (bicyclic) bond motifs is 2. The van der Waals surface area contributed by atoms with Crippen molar-refractivity contribution in [1.29, 1.82) is 0 Å². The summed E-state index contributed by atoms with van der Waals surface area (Å²) in [5.74, 6) is 1.35. The van der Waals surface area contributed by atoms with Crippen LogP contribution >= 0.6 is 0 Å². The van der Waals surface area contributed by atoms with Crippen molar-refractivity contribution in [2.24, 2.45) is 5.73 Å². The molecule has 0 atom stereocenters. The van der Waals surface area contributed by atoms with Gasteiger partial charge in [-0.3, -0.25) is 14.5 Å². The van der Waals surface area contributed by atoms with Gasteiger partial charge in [0.15, 0.2) is 11.5 Å². The third-order valence-electron chi connectivity index (χ3n) is 4.08. The normalized spacial score (nSPS) is 13.2. The molecule has 0 bridgehead atoms. The van der Waals surface area contributed by atoms with Gasteiger partial charge in [-0.1, -0.05) is 0 Å². The predicted molar refractivity (Wildman–Crippen MR) is 91.0 cm³/mol. The Labute approximate surface area is 143 Å². The molecule has 3 heterocycles. The van der Waals surface area contributed by atoms with Crippen LogP contribution in [-0.2, 0) is 6.42 Å². The number of nitro groups is 1. The summed E-state index contributed by atoms with van der Waals surface area (Å²) in [7, 11) is 0. The molecule has 8 nitrogen and oxygen atoms in total. The molecule has 0 saturated carbocycles. The molecular weight excluding hydrogens is 324 g/mol. The van der Waals surface area contributed by atoms with E-state index in [1.165, 1.54) is 12.3 Å². The fraction of sp³-hybridized carbons (Fsp3) is 0.235. The van der Waals surface area contributed by atoms with Crippen LogP contribution in [0.15, 0.2) is 36.5 Å². The van der Waals surface area contributed by atoms with E-state index in [0.717, 1.165) is 17.0 Å². The second-order valence-electron chi connectivity index (χ2n) is 5.68. The van der Waals surface area contributed by atoms with Crippen LogP contribution in [-0.4, -0.2) is 34.1 Å². The van der Waals surface area contributed by atoms with Crippen LogP contribution in [0.4, 0.5) is 5.69 Å². The van der Waals surface area contributed by atoms with Gasteiger partial charge < -0.3 is 15.2 Å². The number of pyridine rings is 1. The van der Waals surface area contributed by atoms with Crippen molar-refractivity contribution in [3.63, 3.8) is 0 Å². The van der Waals surface area contributed by atoms with E-state index in [4.69, 9.17) is 15.2 Å². The largest absolute Gasteiger partial charge is 0.486 e. The van der Waals surface area contributed by atoms with Gasteiger partial charge in [0.1, 0.15) is 18.9 Å². The van der Waals surface area contributed by atoms with E-state index in [1.54, 1.807) is 10.5 Å². The van der Waals surface area contributed by atoms with E-state index < -0.39 is 4.92 Å². The zero-order valence-electron chi connectivity index (χ0n) is 13.3. The number of nitrogens with zero attached hydrogens (tertiary/aromatic N) is 3. The Hall–Kier alpha value is -3.13. The molecule has 8 heteroatoms. The summed E-state index contributed by atoms with van der Waals surface area (Å²) in [5.41, 5.74) is 8.77. The number of imidazole rings is 1. The lowest BCUT2D eigenvalue weighted by atomic mass is 10.1. The first-order chi connectivity index (χ1) is 12.2. The highest BCUT2D eigenvalue weighted by Crippen LogP contribution is 2.36. The summed E-state index contributed by atoms with van der Waals surface area (Å²) in [6.45, 7) is 1.45. The van der Waals surface area contributed by atoms with Crippen LogP contribution in [0, 0.1) is 10.1 Å². The number of nitrogens with two attached hydrogens (primary N) is 1. The van der Waals surface area contributed by atoms with E-state index in [2.05, 4.69) is 4.98 Å². The average Bonchev–Trinajstić information content (AvgIpc) is 2.98. The van der Waals surface area contributed by atoms with E-state index in [-0.39, 0.29) is 5.69 Å². The van der Waals surface area contributed by atoms with Gasteiger partial charge >= 0.3 is 0 Å². The lowest BCUT2D eigenvalue weighted by Gasteiger charge is -2.19. The molecule has 0 aliphatic carbocycles. The third kappa shape index (κ3) is 2.66. The van der Waals surface area contributed by atoms with Crippen LogP contribution in [0.1, 0.15) is 5.69 Å². The molecular formula is C17H16N4O4. The molecule has 0 unspecified atom stereocenters. The fourth-order valence-electron chi connectivity index (χ4n) is 3.00. The summed E-state index contributed by atoms with van der Waals surface area (Å²) in [6, 6.07) is 8.70. The van der Waals surface area contributed by atoms with Gasteiger partial charge in [-0.05, 0) is 30.8 Å². The zero-order chi connectivity index (χ0) is 17.4. The summed E-state index contributed by atoms with van der Waals surface area (Å²) >= 11 is 0. The smallest absolute Gasteiger partial charge is 0.286 e. The number of ether oxygens (including phenoxy) is 2. The van der Waals surface area contributed by atoms with Crippen molar-refractivity contribution in [2.45, 2.75) is 6.42 Å². The standard InChI is InChI=1S/C17H16N4O4/c18-6-5-13-17(11-1-3-14-15(9-11)25-8-7-24-14)20-10-12(21(22)23)2-4-16(20)19-13/h1-4,9-10H,5-8,18H2. The Balaban J connectivity index is 1.93. The first-order valence-electron chi connectivity index (χ1n) is 7.93. The average molecular weight is 340 g/mol. The van der Waals surface area contributed by atoms with Gasteiger partial charge in [0.25, 0.3) is 5.69 Å². The maximum Gasteiger partial charge on any atom is 0.286 e. The molecule has 0 radical (unpaired) electrons. The Morgan fingerprint density at radius 2 is 2.00 bits per heavy atom. The van der Waals surface area contributed by atoms with Crippen molar-refractivity contribution in [1.82, 2.24) is 9.38 Å². The van der Waals surface area contributed by atoms with Crippen molar-refractivity contribution >= 4 is 11.3 Å². The molecule has 0 fully saturated rings. The first kappa shape index (κ1) is 15.4. The molecule has 3 aromatic rings. The first-order valence-corrected chi connectivity index (χ1v) is 7.93. The van der Waals surface area contributed by atoms with E-state index in [1.807, 2.05) is 18.2 Å². The molecule has 0 amide bonds. The Morgan fingerprint density at radius 1 is 1.20 bits per heavy atom. The van der Waals surface area contributed by atoms with Crippen molar-refractivity contribution in [3.8, 4) is 22.8 Å². The summed E-state index contributed by atoms with van der Waals surface area (Å²) in [6.07, 6.45) is 2.05. The minimum absolute atomic E-state index is 0.00277. The minimum atomic E-state index is -0.421. The van der Waals surface area contributed by atoms with Crippen LogP contribution in [0.25, 0.3) is 16.9 Å². The highest BCUT2D eigenvalue weighted by molar-refractivity contribution is 5.71. The third-order valence-corrected chi connectivity index (χ3v) is 4.08. The van der Waals surface area contributed by atoms with E-state index in [9.17, 15) is 10.1 Å². The van der Waals surface area contributed by atoms with E-state index >= 15 is 0 Å². The molecule has 0 saturated heterocycles. The number of hydrogen-bond acceptors (Lipinski definition) is 6. The molecule has 4 rings (SSSR count). The lowest BCUT2D eigenvalue weighted by molar-refractivity contribution is -0.385. The fourth-order valence-corrected chi connectivity index (χ4v) is 3.00. The quantitative estimate of drug-likeness (QED) is 0.576. The molecule has 25 heavy (non-hydrogen) atoms. The Morgan fingerprint density at radius 3 is 2.76 bits per heavy atom. The van der Waals surface area contributed by atoms with Gasteiger partial charge in [-0.25, -0.2) is 4.98 Å². The predicted octanol–water partition coefficient (Wildman–Crippen LogP) is 2.18. The number of aromatic nitrogens is 2. The van der Waals surface area contributed by atoms with Crippen molar-refractivity contribution < 1.29 is 14.4 Å². The molecule has 128 valence electrons. The number of hydrogen-bond donors (Lipinski definition) is 1. The molecule has 1 aromatic carbocycles. The molecule has 1 aliphatic rings. The Bertz CT molecular complexity index is 967. The highest BCUT2D eigenvalue weighted by Gasteiger charge is 2.19. The lowest BCUT2D eigenvalue weighted by Crippen LogP contribution is -2.15. The summed E-state index contributed by atoms with van der Waals surface area (Å²) < 4.78 is 12.9. The van der Waals surface area contributed by atoms with Gasteiger partial charge in [-0.15, -0.1) is 0 Å². The molecule has 0 spiro atoms. The molecule has 1 aliphatic heterocycles. The van der Waals surface area contributed by atoms with E-state index in [0.29, 0.717) is 43.3 Å². The Kier molecular flexibility index (Phi) is 3.73. The van der Waals surface area contributed by atoms with Crippen LogP contribution in [0.5, 0.6) is 11.5 Å². The van der Waals surface area contributed by atoms with Crippen molar-refractivity contribution in [3.05, 3.63) is 52.3 Å². The second kappa shape index (κ2) is 6.06. The monoisotopic (exact) mass is 340 g/mol. The summed E-state index contributed by atoms with van der Waals surface area (Å²) in [5, 5.41) is 11.1. The van der Waals surface area contributed by atoms with Crippen LogP contribution in [0.2, 0.25) is 0 Å². The van der Waals surface area contributed by atoms with Crippen molar-refractivity contribution in [2.75, 3.05) is 19.8 Å². The molecule has 2 N–H and O–H groups in total. The number of rotatable bonds is 4. The maximum atomic E-state index is 11.1. The highest BCUT2D eigenvalue weighted by atomic mass is 16.6. The SMILES string of the molecule is NCCc1nc2ccc([N+](=O)[O-])cn2c1-c1ccc2c(c1)OCCO2. The van der Waals surface area contributed by atoms with Gasteiger partial charge in [0.05, 0.1) is 22.5 Å². The van der Waals surface area contributed by atoms with Gasteiger partial charge in [-0.2, -0.15) is 0 Å². The zero-order valence-corrected chi connectivity index (χ0v) is 13.3. The van der Waals surface area contributed by atoms with Gasteiger partial charge in [0, 0.05) is 18.1 Å². The van der Waals surface area contributed by atoms with Crippen LogP contribution < -0.4 is 15.2 Å². The number of benzene rings is 1. The van der Waals surface area contributed by atoms with Gasteiger partial charge in [0.2, 0.25) is 0 Å². The minimum Gasteiger partial charge on any atom is -0.486 e. The maximum absolute atomic E-state index is 11.1. The second-order valence-corrected chi connectivity index (χ2v) is 5.68. The molecule has 2 aromatic heterocycles. The summed E-state index contributed by atoms with van der Waals surface area (Å²) in [4.78, 5) is 15.3.